The largest absolute Gasteiger partial charge is 0.372 e. The van der Waals surface area contributed by atoms with Crippen LogP contribution in [0.25, 0.3) is 20.9 Å². The second-order valence-corrected chi connectivity index (χ2v) is 4.44. The fourth-order valence-electron chi connectivity index (χ4n) is 1.45. The molecule has 0 aromatic carbocycles. The number of aliphatic hydroxyl groups is 2. The summed E-state index contributed by atoms with van der Waals surface area (Å²) in [5.41, 5.74) is 17.1. The Morgan fingerprint density at radius 3 is 1.56 bits per heavy atom. The molecule has 4 atom stereocenters. The molecule has 0 aromatic heterocycles. The van der Waals surface area contributed by atoms with Gasteiger partial charge in [0, 0.05) is 36.9 Å². The lowest BCUT2D eigenvalue weighted by molar-refractivity contribution is -0.220. The lowest BCUT2D eigenvalue weighted by Crippen LogP contribution is -2.36. The molecule has 0 aromatic rings. The van der Waals surface area contributed by atoms with Crippen molar-refractivity contribution in [3.8, 4) is 23.7 Å². The molecule has 136 valence electrons. The number of nitrogens with zero attached hydrogens (tertiary/aromatic N) is 6. The lowest BCUT2D eigenvalue weighted by atomic mass is 10.2. The third-order valence-corrected chi connectivity index (χ3v) is 2.64. The van der Waals surface area contributed by atoms with Gasteiger partial charge in [-0.15, -0.1) is 11.8 Å². The summed E-state index contributed by atoms with van der Waals surface area (Å²) in [4.78, 5) is 5.20. The van der Waals surface area contributed by atoms with Gasteiger partial charge in [0.05, 0.1) is 12.1 Å². The second-order valence-electron chi connectivity index (χ2n) is 4.44. The molecule has 0 aliphatic heterocycles. The van der Waals surface area contributed by atoms with Crippen LogP contribution < -0.4 is 0 Å². The van der Waals surface area contributed by atoms with Crippen molar-refractivity contribution in [3.63, 3.8) is 0 Å². The first-order valence-corrected chi connectivity index (χ1v) is 7.10. The van der Waals surface area contributed by atoms with Crippen molar-refractivity contribution < 1.29 is 24.4 Å². The second kappa shape index (κ2) is 15.1. The number of rotatable bonds is 10. The van der Waals surface area contributed by atoms with Crippen molar-refractivity contribution >= 4 is 0 Å². The van der Waals surface area contributed by atoms with Crippen molar-refractivity contribution in [2.45, 2.75) is 37.5 Å². The molecule has 0 bridgehead atoms. The summed E-state index contributed by atoms with van der Waals surface area (Å²) in [7, 11) is 2.94. The molecule has 2 N–H and O–H groups in total. The summed E-state index contributed by atoms with van der Waals surface area (Å²) in [6, 6.07) is -2.12. The lowest BCUT2D eigenvalue weighted by Gasteiger charge is -2.23. The average Bonchev–Trinajstić information content (AvgIpc) is 2.60. The Morgan fingerprint density at radius 1 is 0.840 bits per heavy atom. The molecular formula is C14H20N6O5. The topological polar surface area (TPSA) is 166 Å². The van der Waals surface area contributed by atoms with Gasteiger partial charge in [-0.25, -0.2) is 0 Å². The summed E-state index contributed by atoms with van der Waals surface area (Å²) >= 11 is 0. The summed E-state index contributed by atoms with van der Waals surface area (Å²) in [5.74, 6) is 10.6. The fraction of sp³-hybridized carbons (Fsp3) is 0.714. The van der Waals surface area contributed by atoms with Crippen LogP contribution in [0.5, 0.6) is 0 Å². The zero-order valence-electron chi connectivity index (χ0n) is 13.9. The Labute approximate surface area is 145 Å². The highest BCUT2D eigenvalue weighted by Crippen LogP contribution is 2.13. The maximum atomic E-state index is 9.96. The maximum absolute atomic E-state index is 9.96. The molecule has 0 aliphatic carbocycles. The van der Waals surface area contributed by atoms with Crippen molar-refractivity contribution in [1.29, 1.82) is 0 Å². The Bertz CT molecular complexity index is 542. The van der Waals surface area contributed by atoms with Gasteiger partial charge in [0.25, 0.3) is 0 Å². The van der Waals surface area contributed by atoms with Gasteiger partial charge >= 0.3 is 0 Å². The third-order valence-electron chi connectivity index (χ3n) is 2.64. The van der Waals surface area contributed by atoms with E-state index in [1.807, 2.05) is 0 Å². The van der Waals surface area contributed by atoms with Crippen molar-refractivity contribution in [1.82, 2.24) is 0 Å². The molecule has 0 saturated carbocycles. The number of methoxy groups -OCH3 is 2. The van der Waals surface area contributed by atoms with E-state index in [-0.39, 0.29) is 26.1 Å². The van der Waals surface area contributed by atoms with Gasteiger partial charge in [0.1, 0.15) is 13.2 Å². The Balaban J connectivity index is 4.84. The fourth-order valence-corrected chi connectivity index (χ4v) is 1.45. The Morgan fingerprint density at radius 2 is 1.24 bits per heavy atom. The van der Waals surface area contributed by atoms with E-state index in [0.717, 1.165) is 0 Å². The Kier molecular flexibility index (Phi) is 13.6. The average molecular weight is 352 g/mol. The summed E-state index contributed by atoms with van der Waals surface area (Å²) < 4.78 is 14.5. The van der Waals surface area contributed by atoms with E-state index in [0.29, 0.717) is 0 Å². The Hall–Kier alpha value is -2.46. The predicted molar refractivity (Wildman–Crippen MR) is 87.5 cm³/mol. The number of aliphatic hydroxyl groups excluding tert-OH is 2. The number of azide groups is 2. The van der Waals surface area contributed by atoms with E-state index < -0.39 is 24.7 Å². The van der Waals surface area contributed by atoms with E-state index >= 15 is 0 Å². The zero-order valence-corrected chi connectivity index (χ0v) is 13.9. The first kappa shape index (κ1) is 22.5. The first-order valence-electron chi connectivity index (χ1n) is 7.10. The summed E-state index contributed by atoms with van der Waals surface area (Å²) in [6.45, 7) is 0.364. The van der Waals surface area contributed by atoms with Gasteiger partial charge in [-0.2, -0.15) is 0 Å². The van der Waals surface area contributed by atoms with Gasteiger partial charge in [-0.3, -0.25) is 0 Å². The van der Waals surface area contributed by atoms with Gasteiger partial charge < -0.3 is 24.4 Å². The van der Waals surface area contributed by atoms with Crippen LogP contribution in [0, 0.1) is 23.7 Å². The highest BCUT2D eigenvalue weighted by Gasteiger charge is 2.25. The maximum Gasteiger partial charge on any atom is 0.167 e. The van der Waals surface area contributed by atoms with E-state index in [1.165, 1.54) is 14.2 Å². The number of hydrogen-bond donors (Lipinski definition) is 2. The van der Waals surface area contributed by atoms with Crippen LogP contribution in [0.2, 0.25) is 0 Å². The summed E-state index contributed by atoms with van der Waals surface area (Å²) in [6.07, 6.45) is -3.32. The van der Waals surface area contributed by atoms with Gasteiger partial charge in [-0.1, -0.05) is 22.1 Å². The number of hydrogen-bond acceptors (Lipinski definition) is 7. The molecule has 0 spiro atoms. The molecule has 11 nitrogen and oxygen atoms in total. The van der Waals surface area contributed by atoms with Gasteiger partial charge in [-0.05, 0) is 11.1 Å². The molecule has 0 rings (SSSR count). The molecule has 4 unspecified atom stereocenters. The van der Waals surface area contributed by atoms with Crippen LogP contribution in [0.1, 0.15) is 12.8 Å². The first-order chi connectivity index (χ1) is 12.1. The minimum absolute atomic E-state index is 0.0128. The highest BCUT2D eigenvalue weighted by atomic mass is 16.7. The van der Waals surface area contributed by atoms with Gasteiger partial charge in [0.15, 0.2) is 12.6 Å². The predicted octanol–water partition coefficient (Wildman–Crippen LogP) is 1.08. The van der Waals surface area contributed by atoms with Crippen LogP contribution in [0.4, 0.5) is 0 Å². The molecule has 0 heterocycles. The third kappa shape index (κ3) is 10.8. The minimum Gasteiger partial charge on any atom is -0.372 e. The van der Waals surface area contributed by atoms with Crippen LogP contribution in [-0.2, 0) is 14.2 Å². The monoisotopic (exact) mass is 352 g/mol. The van der Waals surface area contributed by atoms with Crippen LogP contribution in [0.15, 0.2) is 10.2 Å². The molecule has 11 heteroatoms. The normalized spacial score (nSPS) is 14.2. The highest BCUT2D eigenvalue weighted by molar-refractivity contribution is 5.03. The molecule has 0 radical (unpaired) electrons. The molecule has 25 heavy (non-hydrogen) atoms. The van der Waals surface area contributed by atoms with Crippen LogP contribution in [0.3, 0.4) is 0 Å². The minimum atomic E-state index is -1.65. The van der Waals surface area contributed by atoms with Crippen molar-refractivity contribution in [2.75, 3.05) is 27.4 Å². The summed E-state index contributed by atoms with van der Waals surface area (Å²) in [5, 5.41) is 26.7. The quantitative estimate of drug-likeness (QED) is 0.197. The molecular weight excluding hydrogens is 332 g/mol. The molecule has 0 amide bonds. The zero-order chi connectivity index (χ0) is 18.9. The SMILES string of the molecule is COCC#CCC(N=[N+]=[N-])C(O)OC(O)C(CC#CCOC)N=[N+]=[N-]. The molecule has 0 aliphatic rings. The van der Waals surface area contributed by atoms with E-state index in [4.69, 9.17) is 25.3 Å². The standard InChI is InChI=1S/C14H20N6O5/c1-23-9-5-3-7-11(17-19-15)13(21)25-14(22)12(18-20-16)8-4-6-10-24-2/h11-14,21-22H,7-10H2,1-2H3. The number of ether oxygens (including phenoxy) is 3. The molecule has 0 saturated heterocycles. The van der Waals surface area contributed by atoms with Crippen molar-refractivity contribution in [2.24, 2.45) is 10.2 Å². The van der Waals surface area contributed by atoms with E-state index in [1.54, 1.807) is 0 Å². The van der Waals surface area contributed by atoms with Crippen LogP contribution in [-0.4, -0.2) is 62.3 Å². The van der Waals surface area contributed by atoms with Gasteiger partial charge in [0.2, 0.25) is 0 Å². The smallest absolute Gasteiger partial charge is 0.167 e. The van der Waals surface area contributed by atoms with E-state index in [2.05, 4.69) is 43.7 Å². The van der Waals surface area contributed by atoms with E-state index in [9.17, 15) is 10.2 Å². The van der Waals surface area contributed by atoms with Crippen LogP contribution >= 0.6 is 0 Å². The molecule has 0 fully saturated rings. The van der Waals surface area contributed by atoms with Crippen molar-refractivity contribution in [3.05, 3.63) is 20.9 Å².